The van der Waals surface area contributed by atoms with Gasteiger partial charge in [0.2, 0.25) is 0 Å². The molecule has 0 saturated carbocycles. The van der Waals surface area contributed by atoms with Gasteiger partial charge in [-0.3, -0.25) is 9.59 Å². The molecule has 2 amide bonds. The van der Waals surface area contributed by atoms with E-state index in [0.29, 0.717) is 41.1 Å². The van der Waals surface area contributed by atoms with Crippen molar-refractivity contribution >= 4 is 39.5 Å². The molecule has 10 nitrogen and oxygen atoms in total. The summed E-state index contributed by atoms with van der Waals surface area (Å²) >= 11 is 0. The van der Waals surface area contributed by atoms with Crippen LogP contribution in [-0.4, -0.2) is 63.0 Å². The third kappa shape index (κ3) is 5.14. The fourth-order valence-corrected chi connectivity index (χ4v) is 4.38. The molecule has 1 fully saturated rings. The summed E-state index contributed by atoms with van der Waals surface area (Å²) in [5, 5.41) is 16.5. The molecule has 3 aromatic rings. The Morgan fingerprint density at radius 1 is 1.40 bits per heavy atom. The monoisotopic (exact) mass is 497 g/mol. The van der Waals surface area contributed by atoms with Crippen molar-refractivity contribution in [3.63, 3.8) is 0 Å². The molecule has 0 bridgehead atoms. The second-order valence-corrected chi connectivity index (χ2v) is 9.90. The Balaban J connectivity index is 1.61. The van der Waals surface area contributed by atoms with Crippen molar-refractivity contribution in [1.29, 1.82) is 5.26 Å². The molecule has 1 aromatic carbocycles. The van der Waals surface area contributed by atoms with Crippen LogP contribution in [0.2, 0.25) is 0 Å². The minimum absolute atomic E-state index is 0.110. The van der Waals surface area contributed by atoms with E-state index in [1.165, 1.54) is 33.9 Å². The lowest BCUT2D eigenvalue weighted by atomic mass is 10.2. The molecular weight excluding hydrogens is 473 g/mol. The summed E-state index contributed by atoms with van der Waals surface area (Å²) in [4.78, 5) is 30.9. The van der Waals surface area contributed by atoms with Crippen LogP contribution in [0.15, 0.2) is 35.1 Å². The van der Waals surface area contributed by atoms with E-state index in [2.05, 4.69) is 25.8 Å². The summed E-state index contributed by atoms with van der Waals surface area (Å²) in [6.07, 6.45) is 8.00. The number of likely N-dealkylation sites (tertiary alicyclic amines) is 1. The number of nitrogens with one attached hydrogen (secondary N) is 1. The van der Waals surface area contributed by atoms with E-state index >= 15 is 0 Å². The Morgan fingerprint density at radius 3 is 2.94 bits per heavy atom. The average Bonchev–Trinajstić information content (AvgIpc) is 3.43. The Hall–Kier alpha value is -3.85. The van der Waals surface area contributed by atoms with Gasteiger partial charge in [-0.25, -0.2) is 13.9 Å². The highest BCUT2D eigenvalue weighted by Gasteiger charge is 2.29. The largest absolute Gasteiger partial charge is 0.481 e. The van der Waals surface area contributed by atoms with Gasteiger partial charge in [-0.15, -0.1) is 0 Å². The van der Waals surface area contributed by atoms with Crippen LogP contribution >= 0.6 is 0 Å². The van der Waals surface area contributed by atoms with Crippen LogP contribution < -0.4 is 10.1 Å². The molecule has 1 aliphatic rings. The third-order valence-corrected chi connectivity index (χ3v) is 6.12. The number of nitriles is 1. The zero-order valence-corrected chi connectivity index (χ0v) is 20.3. The fraction of sp³-hybridized carbons (Fsp3) is 0.348. The maximum atomic E-state index is 14.0. The van der Waals surface area contributed by atoms with E-state index in [-0.39, 0.29) is 24.2 Å². The first-order chi connectivity index (χ1) is 16.8. The third-order valence-electron chi connectivity index (χ3n) is 5.59. The van der Waals surface area contributed by atoms with E-state index in [4.69, 9.17) is 4.74 Å². The Kier molecular flexibility index (Phi) is 7.07. The summed E-state index contributed by atoms with van der Waals surface area (Å²) in [6.45, 7) is 1.93. The predicted octanol–water partition coefficient (Wildman–Crippen LogP) is 3.02. The van der Waals surface area contributed by atoms with Crippen LogP contribution in [0.3, 0.4) is 0 Å². The van der Waals surface area contributed by atoms with Crippen LogP contribution in [0.1, 0.15) is 28.8 Å². The van der Waals surface area contributed by atoms with Crippen molar-refractivity contribution in [2.45, 2.75) is 25.8 Å². The fourth-order valence-electron chi connectivity index (χ4n) is 3.95. The second-order valence-electron chi connectivity index (χ2n) is 8.17. The van der Waals surface area contributed by atoms with E-state index in [9.17, 15) is 19.2 Å². The van der Waals surface area contributed by atoms with Gasteiger partial charge in [-0.2, -0.15) is 14.7 Å². The molecule has 3 heterocycles. The lowest BCUT2D eigenvalue weighted by Crippen LogP contribution is -2.37. The van der Waals surface area contributed by atoms with Crippen molar-refractivity contribution < 1.29 is 18.7 Å². The zero-order valence-electron chi connectivity index (χ0n) is 19.5. The van der Waals surface area contributed by atoms with Gasteiger partial charge < -0.3 is 15.0 Å². The highest BCUT2D eigenvalue weighted by Crippen LogP contribution is 2.31. The lowest BCUT2D eigenvalue weighted by Gasteiger charge is -2.20. The molecule has 1 atom stereocenters. The molecule has 35 heavy (non-hydrogen) atoms. The second kappa shape index (κ2) is 10.2. The number of carbonyl (C=O) groups excluding carboxylic acids is 2. The molecule has 0 aliphatic carbocycles. The van der Waals surface area contributed by atoms with E-state index in [0.717, 1.165) is 6.42 Å². The van der Waals surface area contributed by atoms with Crippen LogP contribution in [-0.2, 0) is 15.5 Å². The van der Waals surface area contributed by atoms with Crippen LogP contribution in [0.5, 0.6) is 5.75 Å². The number of halogens is 1. The number of amides is 2. The van der Waals surface area contributed by atoms with Crippen LogP contribution in [0.25, 0.3) is 5.52 Å². The van der Waals surface area contributed by atoms with Crippen molar-refractivity contribution in [3.8, 4) is 11.8 Å². The number of hydrogen-bond acceptors (Lipinski definition) is 7. The molecule has 2 aromatic heterocycles. The lowest BCUT2D eigenvalue weighted by molar-refractivity contribution is -0.133. The van der Waals surface area contributed by atoms with Gasteiger partial charge in [0.05, 0.1) is 17.3 Å². The Bertz CT molecular complexity index is 1380. The first kappa shape index (κ1) is 24.3. The first-order valence-electron chi connectivity index (χ1n) is 10.8. The molecule has 0 spiro atoms. The standard InChI is InChI=1S/C23H24FN7O3S/c1-14-17(23(33)29-35(2)3)11-31-21(14)22(26-13-27-31)28-18-7-6-15(24)9-19(18)34-12-20(32)30-8-4-5-16(30)10-25/h6-7,9,11,13,16H,4-5,8,12H2,1-3H3,(H,26,27,28). The molecular formula is C23H24FN7O3S. The molecule has 1 unspecified atom stereocenters. The van der Waals surface area contributed by atoms with Gasteiger partial charge in [0, 0.05) is 18.8 Å². The maximum absolute atomic E-state index is 14.0. The minimum atomic E-state index is -0.537. The average molecular weight is 498 g/mol. The number of fused-ring (bicyclic) bond motifs is 1. The number of ether oxygens (including phenoxy) is 1. The van der Waals surface area contributed by atoms with Gasteiger partial charge >= 0.3 is 0 Å². The number of carbonyl (C=O) groups is 2. The van der Waals surface area contributed by atoms with Crippen LogP contribution in [0, 0.1) is 24.1 Å². The smallest absolute Gasteiger partial charge is 0.284 e. The predicted molar refractivity (Wildman–Crippen MR) is 129 cm³/mol. The van der Waals surface area contributed by atoms with Crippen molar-refractivity contribution in [2.75, 3.05) is 31.0 Å². The summed E-state index contributed by atoms with van der Waals surface area (Å²) in [5.41, 5.74) is 1.98. The van der Waals surface area contributed by atoms with E-state index < -0.39 is 22.6 Å². The van der Waals surface area contributed by atoms with E-state index in [1.54, 1.807) is 13.1 Å². The highest BCUT2D eigenvalue weighted by atomic mass is 32.2. The normalized spacial score (nSPS) is 15.3. The highest BCUT2D eigenvalue weighted by molar-refractivity contribution is 7.86. The van der Waals surface area contributed by atoms with Gasteiger partial charge in [-0.1, -0.05) is 10.7 Å². The molecule has 4 rings (SSSR count). The Labute approximate surface area is 203 Å². The zero-order chi connectivity index (χ0) is 25.1. The van der Waals surface area contributed by atoms with Crippen molar-refractivity contribution in [1.82, 2.24) is 19.5 Å². The number of anilines is 2. The molecule has 1 saturated heterocycles. The van der Waals surface area contributed by atoms with Crippen molar-refractivity contribution in [3.05, 3.63) is 47.7 Å². The van der Waals surface area contributed by atoms with Crippen LogP contribution in [0.4, 0.5) is 15.9 Å². The summed E-state index contributed by atoms with van der Waals surface area (Å²) < 4.78 is 25.3. The minimum Gasteiger partial charge on any atom is -0.481 e. The number of benzene rings is 1. The van der Waals surface area contributed by atoms with Gasteiger partial charge in [0.1, 0.15) is 29.5 Å². The molecule has 1 aliphatic heterocycles. The van der Waals surface area contributed by atoms with Gasteiger partial charge in [0.25, 0.3) is 11.8 Å². The summed E-state index contributed by atoms with van der Waals surface area (Å²) in [5.74, 6) is -0.734. The molecule has 1 N–H and O–H groups in total. The number of rotatable bonds is 6. The maximum Gasteiger partial charge on any atom is 0.284 e. The summed E-state index contributed by atoms with van der Waals surface area (Å²) in [6, 6.07) is 5.55. The quantitative estimate of drug-likeness (QED) is 0.555. The van der Waals surface area contributed by atoms with Gasteiger partial charge in [-0.05, 0) is 50.0 Å². The number of aromatic nitrogens is 3. The molecule has 12 heteroatoms. The first-order valence-corrected chi connectivity index (χ1v) is 12.8. The molecule has 182 valence electrons. The SMILES string of the molecule is Cc1c(C(=O)N=S(C)C)cn2ncnc(Nc3ccc(F)cc3OCC(=O)N3CCCC3C#N)c12. The van der Waals surface area contributed by atoms with Crippen molar-refractivity contribution in [2.24, 2.45) is 4.36 Å². The van der Waals surface area contributed by atoms with Gasteiger partial charge in [0.15, 0.2) is 12.4 Å². The topological polar surface area (TPSA) is 125 Å². The number of hydrogen-bond donors (Lipinski definition) is 1. The molecule has 0 radical (unpaired) electrons. The number of aryl methyl sites for hydroxylation is 1. The summed E-state index contributed by atoms with van der Waals surface area (Å²) in [7, 11) is -0.415. The Morgan fingerprint density at radius 2 is 2.20 bits per heavy atom. The van der Waals surface area contributed by atoms with E-state index in [1.807, 2.05) is 12.5 Å². The number of nitrogens with zero attached hydrogens (tertiary/aromatic N) is 6.